The summed E-state index contributed by atoms with van der Waals surface area (Å²) in [5.74, 6) is 0. The zero-order valence-electron chi connectivity index (χ0n) is 19.7. The summed E-state index contributed by atoms with van der Waals surface area (Å²) < 4.78 is 0. The molecule has 0 aliphatic rings. The van der Waals surface area contributed by atoms with Crippen LogP contribution < -0.4 is 0 Å². The van der Waals surface area contributed by atoms with E-state index >= 15 is 0 Å². The minimum absolute atomic E-state index is 1.03. The predicted molar refractivity (Wildman–Crippen MR) is 143 cm³/mol. The number of fused-ring (bicyclic) bond motifs is 1. The van der Waals surface area contributed by atoms with Crippen molar-refractivity contribution >= 4 is 10.8 Å². The summed E-state index contributed by atoms with van der Waals surface area (Å²) in [4.78, 5) is 8.98. The summed E-state index contributed by atoms with van der Waals surface area (Å²) in [6.45, 7) is 2.16. The highest BCUT2D eigenvalue weighted by Gasteiger charge is 2.08. The molecule has 0 fully saturated rings. The van der Waals surface area contributed by atoms with Crippen LogP contribution in [0.5, 0.6) is 0 Å². The molecule has 0 radical (unpaired) electrons. The van der Waals surface area contributed by atoms with Crippen molar-refractivity contribution in [3.63, 3.8) is 0 Å². The normalized spacial score (nSPS) is 11.1. The molecular formula is C32H30N2. The van der Waals surface area contributed by atoms with Gasteiger partial charge in [0.05, 0.1) is 5.69 Å². The first-order chi connectivity index (χ1) is 16.8. The second-order valence-electron chi connectivity index (χ2n) is 9.07. The molecule has 34 heavy (non-hydrogen) atoms. The quantitative estimate of drug-likeness (QED) is 0.226. The SMILES string of the molecule is Cc1ccc(-c2cccc(CCCCCc3cccnc3)c2)cc1-c1cc2ccccc2cn1. The van der Waals surface area contributed by atoms with E-state index in [0.29, 0.717) is 0 Å². The van der Waals surface area contributed by atoms with Crippen molar-refractivity contribution in [1.82, 2.24) is 9.97 Å². The van der Waals surface area contributed by atoms with Gasteiger partial charge < -0.3 is 0 Å². The molecule has 0 unspecified atom stereocenters. The molecule has 5 aromatic rings. The highest BCUT2D eigenvalue weighted by Crippen LogP contribution is 2.30. The van der Waals surface area contributed by atoms with Crippen LogP contribution in [0.4, 0.5) is 0 Å². The Morgan fingerprint density at radius 2 is 1.41 bits per heavy atom. The summed E-state index contributed by atoms with van der Waals surface area (Å²) in [5.41, 5.74) is 8.73. The maximum absolute atomic E-state index is 4.77. The lowest BCUT2D eigenvalue weighted by molar-refractivity contribution is 0.677. The number of nitrogens with zero attached hydrogens (tertiary/aromatic N) is 2. The Bertz CT molecular complexity index is 1390. The summed E-state index contributed by atoms with van der Waals surface area (Å²) in [7, 11) is 0. The van der Waals surface area contributed by atoms with E-state index in [-0.39, 0.29) is 0 Å². The van der Waals surface area contributed by atoms with Crippen molar-refractivity contribution in [3.05, 3.63) is 120 Å². The lowest BCUT2D eigenvalue weighted by atomic mass is 9.95. The van der Waals surface area contributed by atoms with E-state index in [1.54, 1.807) is 0 Å². The number of unbranched alkanes of at least 4 members (excludes halogenated alkanes) is 2. The lowest BCUT2D eigenvalue weighted by Gasteiger charge is -2.11. The molecular weight excluding hydrogens is 412 g/mol. The Morgan fingerprint density at radius 3 is 2.26 bits per heavy atom. The third-order valence-electron chi connectivity index (χ3n) is 6.56. The number of pyridine rings is 2. The van der Waals surface area contributed by atoms with E-state index in [1.807, 2.05) is 24.7 Å². The largest absolute Gasteiger partial charge is 0.264 e. The molecule has 5 rings (SSSR count). The first-order valence-electron chi connectivity index (χ1n) is 12.2. The van der Waals surface area contributed by atoms with Gasteiger partial charge in [-0.05, 0) is 84.0 Å². The standard InChI is InChI=1S/C32H30N2/c1-24-16-17-29(20-31(24)32-21-28-13-5-6-14-30(28)23-34-32)27-15-7-11-25(19-27)9-3-2-4-10-26-12-8-18-33-22-26/h5-8,11-23H,2-4,9-10H2,1H3. The Labute approximate surface area is 202 Å². The highest BCUT2D eigenvalue weighted by molar-refractivity contribution is 5.86. The molecule has 0 bridgehead atoms. The van der Waals surface area contributed by atoms with E-state index in [9.17, 15) is 0 Å². The van der Waals surface area contributed by atoms with Gasteiger partial charge in [-0.25, -0.2) is 0 Å². The van der Waals surface area contributed by atoms with Crippen molar-refractivity contribution in [1.29, 1.82) is 0 Å². The lowest BCUT2D eigenvalue weighted by Crippen LogP contribution is -1.91. The van der Waals surface area contributed by atoms with E-state index < -0.39 is 0 Å². The molecule has 0 aliphatic heterocycles. The van der Waals surface area contributed by atoms with Gasteiger partial charge in [0.15, 0.2) is 0 Å². The molecule has 2 heteroatoms. The average Bonchev–Trinajstić information content (AvgIpc) is 2.89. The van der Waals surface area contributed by atoms with Crippen LogP contribution >= 0.6 is 0 Å². The van der Waals surface area contributed by atoms with Gasteiger partial charge in [-0.2, -0.15) is 0 Å². The van der Waals surface area contributed by atoms with Gasteiger partial charge in [0, 0.05) is 29.5 Å². The zero-order chi connectivity index (χ0) is 23.2. The van der Waals surface area contributed by atoms with Crippen molar-refractivity contribution < 1.29 is 0 Å². The number of aryl methyl sites for hydroxylation is 3. The Kier molecular flexibility index (Phi) is 6.76. The predicted octanol–water partition coefficient (Wildman–Crippen LogP) is 8.23. The molecule has 0 amide bonds. The van der Waals surface area contributed by atoms with Crippen molar-refractivity contribution in [2.45, 2.75) is 39.0 Å². The van der Waals surface area contributed by atoms with Crippen LogP contribution in [0.3, 0.4) is 0 Å². The molecule has 0 saturated carbocycles. The summed E-state index contributed by atoms with van der Waals surface area (Å²) >= 11 is 0. The molecule has 168 valence electrons. The van der Waals surface area contributed by atoms with E-state index in [1.165, 1.54) is 63.4 Å². The number of benzene rings is 3. The Morgan fingerprint density at radius 1 is 0.618 bits per heavy atom. The molecule has 3 aromatic carbocycles. The maximum Gasteiger partial charge on any atom is 0.0711 e. The fraction of sp³-hybridized carbons (Fsp3) is 0.188. The first kappa shape index (κ1) is 22.0. The van der Waals surface area contributed by atoms with Crippen molar-refractivity contribution in [3.8, 4) is 22.4 Å². The van der Waals surface area contributed by atoms with E-state index in [4.69, 9.17) is 4.98 Å². The third-order valence-corrected chi connectivity index (χ3v) is 6.56. The molecule has 0 N–H and O–H groups in total. The Hall–Kier alpha value is -3.78. The van der Waals surface area contributed by atoms with Crippen LogP contribution in [-0.4, -0.2) is 9.97 Å². The van der Waals surface area contributed by atoms with Gasteiger partial charge in [0.2, 0.25) is 0 Å². The van der Waals surface area contributed by atoms with Gasteiger partial charge in [0.1, 0.15) is 0 Å². The van der Waals surface area contributed by atoms with Crippen molar-refractivity contribution in [2.24, 2.45) is 0 Å². The monoisotopic (exact) mass is 442 g/mol. The number of aromatic nitrogens is 2. The summed E-state index contributed by atoms with van der Waals surface area (Å²) in [6.07, 6.45) is 11.7. The van der Waals surface area contributed by atoms with Gasteiger partial charge >= 0.3 is 0 Å². The molecule has 0 saturated heterocycles. The van der Waals surface area contributed by atoms with E-state index in [0.717, 1.165) is 18.5 Å². The van der Waals surface area contributed by atoms with E-state index in [2.05, 4.69) is 90.8 Å². The Balaban J connectivity index is 1.28. The first-order valence-corrected chi connectivity index (χ1v) is 12.2. The fourth-order valence-corrected chi connectivity index (χ4v) is 4.60. The summed E-state index contributed by atoms with van der Waals surface area (Å²) in [6, 6.07) is 30.5. The smallest absolute Gasteiger partial charge is 0.0711 e. The second-order valence-corrected chi connectivity index (χ2v) is 9.07. The van der Waals surface area contributed by atoms with Crippen molar-refractivity contribution in [2.75, 3.05) is 0 Å². The van der Waals surface area contributed by atoms with Gasteiger partial charge in [-0.15, -0.1) is 0 Å². The van der Waals surface area contributed by atoms with Crippen LogP contribution in [0.25, 0.3) is 33.2 Å². The minimum Gasteiger partial charge on any atom is -0.264 e. The number of rotatable bonds is 8. The van der Waals surface area contributed by atoms with Crippen LogP contribution in [0, 0.1) is 6.92 Å². The number of hydrogen-bond acceptors (Lipinski definition) is 2. The van der Waals surface area contributed by atoms with Crippen LogP contribution in [0.15, 0.2) is 104 Å². The van der Waals surface area contributed by atoms with Crippen LogP contribution in [-0.2, 0) is 12.8 Å². The fourth-order valence-electron chi connectivity index (χ4n) is 4.60. The molecule has 2 heterocycles. The van der Waals surface area contributed by atoms with Gasteiger partial charge in [-0.3, -0.25) is 9.97 Å². The molecule has 2 aromatic heterocycles. The third kappa shape index (κ3) is 5.23. The molecule has 2 nitrogen and oxygen atoms in total. The average molecular weight is 443 g/mol. The zero-order valence-corrected chi connectivity index (χ0v) is 19.7. The molecule has 0 spiro atoms. The topological polar surface area (TPSA) is 25.8 Å². The molecule has 0 aliphatic carbocycles. The van der Waals surface area contributed by atoms with Gasteiger partial charge in [-0.1, -0.05) is 73.2 Å². The summed E-state index contributed by atoms with van der Waals surface area (Å²) in [5, 5.41) is 2.40. The minimum atomic E-state index is 1.03. The van der Waals surface area contributed by atoms with Gasteiger partial charge in [0.25, 0.3) is 0 Å². The maximum atomic E-state index is 4.77. The molecule has 0 atom stereocenters. The second kappa shape index (κ2) is 10.4. The van der Waals surface area contributed by atoms with Crippen LogP contribution in [0.1, 0.15) is 36.0 Å². The number of hydrogen-bond donors (Lipinski definition) is 0. The highest BCUT2D eigenvalue weighted by atomic mass is 14.7. The van der Waals surface area contributed by atoms with Crippen LogP contribution in [0.2, 0.25) is 0 Å².